The van der Waals surface area contributed by atoms with Crippen molar-refractivity contribution < 1.29 is 19.2 Å². The molecule has 3 aromatic carbocycles. The van der Waals surface area contributed by atoms with Crippen LogP contribution in [0, 0.1) is 12.8 Å². The smallest absolute Gasteiger partial charge is 0.276 e. The maximum atomic E-state index is 12.8. The molecule has 0 aliphatic carbocycles. The predicted octanol–water partition coefficient (Wildman–Crippen LogP) is 2.76. The number of amides is 5. The number of imide groups is 2. The van der Waals surface area contributed by atoms with E-state index in [1.54, 1.807) is 30.3 Å². The Bertz CT molecular complexity index is 1250. The lowest BCUT2D eigenvalue weighted by atomic mass is 10.0. The van der Waals surface area contributed by atoms with Crippen molar-refractivity contribution in [3.05, 3.63) is 77.9 Å². The van der Waals surface area contributed by atoms with Gasteiger partial charge in [0.25, 0.3) is 11.8 Å². The first kappa shape index (κ1) is 20.0. The number of benzene rings is 3. The third-order valence-electron chi connectivity index (χ3n) is 4.89. The molecule has 8 nitrogen and oxygen atoms in total. The summed E-state index contributed by atoms with van der Waals surface area (Å²) < 4.78 is 0. The molecular weight excluding hydrogens is 396 g/mol. The molecule has 1 saturated heterocycles. The summed E-state index contributed by atoms with van der Waals surface area (Å²) in [5.41, 5.74) is 3.95. The van der Waals surface area contributed by atoms with E-state index in [4.69, 9.17) is 0 Å². The van der Waals surface area contributed by atoms with Gasteiger partial charge in [-0.15, -0.1) is 0 Å². The molecule has 0 aromatic heterocycles. The average Bonchev–Trinajstić information content (AvgIpc) is 2.75. The Balaban J connectivity index is 1.53. The van der Waals surface area contributed by atoms with E-state index in [0.717, 1.165) is 27.5 Å². The number of nitrogens with zero attached hydrogens (tertiary/aromatic N) is 2. The number of carbonyl (C=O) groups is 4. The first-order valence-electron chi connectivity index (χ1n) is 9.52. The van der Waals surface area contributed by atoms with Crippen LogP contribution in [0.15, 0.2) is 71.8 Å². The van der Waals surface area contributed by atoms with Gasteiger partial charge >= 0.3 is 6.03 Å². The highest BCUT2D eigenvalue weighted by Gasteiger charge is 2.40. The minimum Gasteiger partial charge on any atom is -0.276 e. The molecule has 8 heteroatoms. The van der Waals surface area contributed by atoms with Gasteiger partial charge < -0.3 is 0 Å². The maximum absolute atomic E-state index is 12.8. The van der Waals surface area contributed by atoms with Crippen molar-refractivity contribution in [2.45, 2.75) is 6.92 Å². The molecule has 1 fully saturated rings. The molecule has 0 spiro atoms. The topological polar surface area (TPSA) is 108 Å². The second-order valence-corrected chi connectivity index (χ2v) is 7.03. The van der Waals surface area contributed by atoms with Crippen molar-refractivity contribution in [2.24, 2.45) is 11.0 Å². The highest BCUT2D eigenvalue weighted by molar-refractivity contribution is 6.32. The van der Waals surface area contributed by atoms with E-state index in [2.05, 4.69) is 15.8 Å². The van der Waals surface area contributed by atoms with Gasteiger partial charge in [0.2, 0.25) is 5.91 Å². The monoisotopic (exact) mass is 414 g/mol. The van der Waals surface area contributed by atoms with E-state index in [1.807, 2.05) is 43.3 Å². The summed E-state index contributed by atoms with van der Waals surface area (Å²) in [7, 11) is 0. The zero-order valence-electron chi connectivity index (χ0n) is 16.5. The predicted molar refractivity (Wildman–Crippen MR) is 116 cm³/mol. The van der Waals surface area contributed by atoms with Gasteiger partial charge in [0.15, 0.2) is 5.92 Å². The van der Waals surface area contributed by atoms with Crippen molar-refractivity contribution >= 4 is 46.4 Å². The van der Waals surface area contributed by atoms with E-state index in [9.17, 15) is 19.2 Å². The lowest BCUT2D eigenvalue weighted by molar-refractivity contribution is -0.131. The molecule has 0 unspecified atom stereocenters. The van der Waals surface area contributed by atoms with Gasteiger partial charge in [0.1, 0.15) is 0 Å². The van der Waals surface area contributed by atoms with Crippen LogP contribution in [0.4, 0.5) is 10.5 Å². The zero-order valence-corrected chi connectivity index (χ0v) is 16.5. The van der Waals surface area contributed by atoms with Gasteiger partial charge in [-0.05, 0) is 41.5 Å². The van der Waals surface area contributed by atoms with Gasteiger partial charge in [-0.3, -0.25) is 19.7 Å². The summed E-state index contributed by atoms with van der Waals surface area (Å²) >= 11 is 0. The fourth-order valence-corrected chi connectivity index (χ4v) is 3.39. The Labute approximate surface area is 177 Å². The molecule has 2 N–H and O–H groups in total. The highest BCUT2D eigenvalue weighted by Crippen LogP contribution is 2.21. The van der Waals surface area contributed by atoms with Crippen LogP contribution in [0.5, 0.6) is 0 Å². The molecule has 0 radical (unpaired) electrons. The standard InChI is InChI=1S/C23H18N4O4/c1-14-6-4-9-16(12-14)27-22(30)19(20(28)25-23(27)31)13-24-26-21(29)18-11-5-8-15-7-2-3-10-17(15)18/h2-13,19H,1H3,(H,26,29)(H,25,28,31)/b24-13-/t19-/m1/s1. The molecule has 4 rings (SSSR count). The van der Waals surface area contributed by atoms with Crippen LogP contribution in [0.25, 0.3) is 10.8 Å². The molecule has 0 saturated carbocycles. The van der Waals surface area contributed by atoms with E-state index in [-0.39, 0.29) is 0 Å². The summed E-state index contributed by atoms with van der Waals surface area (Å²) in [6.45, 7) is 1.82. The molecule has 1 atom stereocenters. The van der Waals surface area contributed by atoms with E-state index >= 15 is 0 Å². The molecule has 31 heavy (non-hydrogen) atoms. The molecule has 5 amide bonds. The Kier molecular flexibility index (Phi) is 5.28. The van der Waals surface area contributed by atoms with Crippen LogP contribution in [-0.2, 0) is 9.59 Å². The third kappa shape index (κ3) is 3.91. The zero-order chi connectivity index (χ0) is 22.0. The summed E-state index contributed by atoms with van der Waals surface area (Å²) in [5.74, 6) is -3.39. The first-order valence-corrected chi connectivity index (χ1v) is 9.52. The maximum Gasteiger partial charge on any atom is 0.335 e. The van der Waals surface area contributed by atoms with Crippen molar-refractivity contribution in [3.8, 4) is 0 Å². The number of hydrogen-bond donors (Lipinski definition) is 2. The van der Waals surface area contributed by atoms with Crippen LogP contribution < -0.4 is 15.6 Å². The minimum absolute atomic E-state index is 0.341. The van der Waals surface area contributed by atoms with Crippen LogP contribution in [0.2, 0.25) is 0 Å². The number of barbiturate groups is 1. The summed E-state index contributed by atoms with van der Waals surface area (Å²) in [5, 5.41) is 7.60. The molecule has 3 aromatic rings. The van der Waals surface area contributed by atoms with Gasteiger partial charge in [-0.1, -0.05) is 48.5 Å². The highest BCUT2D eigenvalue weighted by atomic mass is 16.2. The van der Waals surface area contributed by atoms with Crippen molar-refractivity contribution in [3.63, 3.8) is 0 Å². The van der Waals surface area contributed by atoms with Gasteiger partial charge in [0.05, 0.1) is 5.69 Å². The molecule has 1 heterocycles. The number of hydrazone groups is 1. The SMILES string of the molecule is Cc1cccc(N2C(=O)NC(=O)[C@@H](/C=N\NC(=O)c3cccc4ccccc34)C2=O)c1. The summed E-state index contributed by atoms with van der Waals surface area (Å²) in [6, 6.07) is 18.6. The second-order valence-electron chi connectivity index (χ2n) is 7.03. The number of anilines is 1. The summed E-state index contributed by atoms with van der Waals surface area (Å²) in [6.07, 6.45) is 1.02. The number of fused-ring (bicyclic) bond motifs is 1. The molecule has 1 aliphatic heterocycles. The number of rotatable bonds is 4. The number of urea groups is 1. The largest absolute Gasteiger partial charge is 0.335 e. The third-order valence-corrected chi connectivity index (χ3v) is 4.89. The Morgan fingerprint density at radius 3 is 2.58 bits per heavy atom. The van der Waals surface area contributed by atoms with Gasteiger partial charge in [-0.25, -0.2) is 15.1 Å². The summed E-state index contributed by atoms with van der Waals surface area (Å²) in [4.78, 5) is 50.7. The lowest BCUT2D eigenvalue weighted by Crippen LogP contribution is -2.58. The normalized spacial score (nSPS) is 16.6. The Morgan fingerprint density at radius 2 is 1.77 bits per heavy atom. The molecule has 1 aliphatic rings. The van der Waals surface area contributed by atoms with Crippen LogP contribution in [-0.4, -0.2) is 30.0 Å². The van der Waals surface area contributed by atoms with Gasteiger partial charge in [0, 0.05) is 11.8 Å². The van der Waals surface area contributed by atoms with E-state index in [0.29, 0.717) is 11.3 Å². The van der Waals surface area contributed by atoms with Crippen molar-refractivity contribution in [1.29, 1.82) is 0 Å². The van der Waals surface area contributed by atoms with Crippen LogP contribution >= 0.6 is 0 Å². The second kappa shape index (κ2) is 8.19. The Hall–Kier alpha value is -4.33. The number of aryl methyl sites for hydroxylation is 1. The number of carbonyl (C=O) groups excluding carboxylic acids is 4. The lowest BCUT2D eigenvalue weighted by Gasteiger charge is -2.28. The van der Waals surface area contributed by atoms with E-state index in [1.165, 1.54) is 0 Å². The number of hydrogen-bond acceptors (Lipinski definition) is 5. The quantitative estimate of drug-likeness (QED) is 0.389. The van der Waals surface area contributed by atoms with Crippen molar-refractivity contribution in [2.75, 3.05) is 4.90 Å². The van der Waals surface area contributed by atoms with Gasteiger partial charge in [-0.2, -0.15) is 5.10 Å². The fraction of sp³-hybridized carbons (Fsp3) is 0.0870. The molecule has 154 valence electrons. The Morgan fingerprint density at radius 1 is 1.03 bits per heavy atom. The fourth-order valence-electron chi connectivity index (χ4n) is 3.39. The molecular formula is C23H18N4O4. The van der Waals surface area contributed by atoms with Crippen LogP contribution in [0.1, 0.15) is 15.9 Å². The first-order chi connectivity index (χ1) is 15.0. The molecule has 0 bridgehead atoms. The van der Waals surface area contributed by atoms with Crippen molar-refractivity contribution in [1.82, 2.24) is 10.7 Å². The average molecular weight is 414 g/mol. The van der Waals surface area contributed by atoms with E-state index < -0.39 is 29.7 Å². The number of nitrogens with one attached hydrogen (secondary N) is 2. The van der Waals surface area contributed by atoms with Crippen LogP contribution in [0.3, 0.4) is 0 Å². The minimum atomic E-state index is -1.36.